The van der Waals surface area contributed by atoms with Crippen molar-refractivity contribution in [1.82, 2.24) is 4.37 Å². The molecule has 0 atom stereocenters. The molecule has 0 aliphatic heterocycles. The minimum atomic E-state index is 0.667. The van der Waals surface area contributed by atoms with Crippen molar-refractivity contribution in [2.45, 2.75) is 6.92 Å². The molecule has 1 heterocycles. The molecule has 0 spiro atoms. The molecule has 1 aromatic heterocycles. The van der Waals surface area contributed by atoms with Crippen molar-refractivity contribution in [1.29, 1.82) is 0 Å². The molecule has 3 aromatic rings. The van der Waals surface area contributed by atoms with Crippen molar-refractivity contribution in [2.75, 3.05) is 6.61 Å². The van der Waals surface area contributed by atoms with Crippen LogP contribution in [0.2, 0.25) is 0 Å². The van der Waals surface area contributed by atoms with E-state index in [9.17, 15) is 0 Å². The van der Waals surface area contributed by atoms with Crippen LogP contribution in [0.3, 0.4) is 0 Å². The summed E-state index contributed by atoms with van der Waals surface area (Å²) in [5.41, 5.74) is 2.01. The Hall–Kier alpha value is -2.20. The molecule has 4 heteroatoms. The van der Waals surface area contributed by atoms with Gasteiger partial charge in [-0.3, -0.25) is 0 Å². The van der Waals surface area contributed by atoms with Gasteiger partial charge >= 0.3 is 0 Å². The lowest BCUT2D eigenvalue weighted by molar-refractivity contribution is 0.340. The highest BCUT2D eigenvalue weighted by Gasteiger charge is 2.02. The van der Waals surface area contributed by atoms with Crippen molar-refractivity contribution in [2.24, 2.45) is 4.99 Å². The molecular weight excluding hydrogens is 268 g/mol. The van der Waals surface area contributed by atoms with E-state index in [1.807, 2.05) is 61.7 Å². The lowest BCUT2D eigenvalue weighted by Gasteiger charge is -2.02. The Kier molecular flexibility index (Phi) is 3.74. The molecule has 100 valence electrons. The van der Waals surface area contributed by atoms with Crippen LogP contribution in [-0.4, -0.2) is 17.2 Å². The number of ether oxygens (including phenoxy) is 1. The second-order valence-electron chi connectivity index (χ2n) is 4.27. The number of benzene rings is 2. The zero-order valence-corrected chi connectivity index (χ0v) is 11.9. The Morgan fingerprint density at radius 3 is 3.00 bits per heavy atom. The number of hydrogen-bond acceptors (Lipinski definition) is 4. The van der Waals surface area contributed by atoms with Gasteiger partial charge in [0.25, 0.3) is 0 Å². The summed E-state index contributed by atoms with van der Waals surface area (Å²) in [6.45, 7) is 2.64. The minimum Gasteiger partial charge on any atom is -0.494 e. The first-order valence-corrected chi connectivity index (χ1v) is 7.25. The van der Waals surface area contributed by atoms with Gasteiger partial charge in [-0.05, 0) is 48.3 Å². The second-order valence-corrected chi connectivity index (χ2v) is 5.02. The van der Waals surface area contributed by atoms with Gasteiger partial charge in [0.2, 0.25) is 0 Å². The van der Waals surface area contributed by atoms with E-state index in [0.29, 0.717) is 6.61 Å². The fourth-order valence-corrected chi connectivity index (χ4v) is 2.67. The number of hydrogen-bond donors (Lipinski definition) is 0. The number of nitrogens with zero attached hydrogens (tertiary/aromatic N) is 2. The predicted molar refractivity (Wildman–Crippen MR) is 84.5 cm³/mol. The van der Waals surface area contributed by atoms with E-state index in [-0.39, 0.29) is 0 Å². The maximum Gasteiger partial charge on any atom is 0.143 e. The molecule has 3 nitrogen and oxygen atoms in total. The summed E-state index contributed by atoms with van der Waals surface area (Å²) in [6, 6.07) is 15.9. The Balaban J connectivity index is 1.88. The summed E-state index contributed by atoms with van der Waals surface area (Å²) >= 11 is 1.42. The topological polar surface area (TPSA) is 34.5 Å². The van der Waals surface area contributed by atoms with Gasteiger partial charge in [0, 0.05) is 11.6 Å². The van der Waals surface area contributed by atoms with Crippen molar-refractivity contribution in [3.8, 4) is 5.75 Å². The van der Waals surface area contributed by atoms with Crippen molar-refractivity contribution < 1.29 is 4.74 Å². The summed E-state index contributed by atoms with van der Waals surface area (Å²) < 4.78 is 9.86. The van der Waals surface area contributed by atoms with Gasteiger partial charge in [-0.2, -0.15) is 4.37 Å². The first kappa shape index (κ1) is 12.8. The molecule has 2 aromatic carbocycles. The van der Waals surface area contributed by atoms with Gasteiger partial charge in [-0.15, -0.1) is 0 Å². The molecule has 0 saturated carbocycles. The van der Waals surface area contributed by atoms with E-state index < -0.39 is 0 Å². The average Bonchev–Trinajstić information content (AvgIpc) is 2.89. The molecule has 0 amide bonds. The third kappa shape index (κ3) is 2.70. The van der Waals surface area contributed by atoms with Crippen LogP contribution in [0.4, 0.5) is 5.00 Å². The molecule has 0 aliphatic rings. The second kappa shape index (κ2) is 5.84. The molecule has 0 saturated heterocycles. The standard InChI is InChI=1S/C16H14N2OS/c1-2-19-13-7-5-6-12(10-13)11-17-16-14-8-3-4-9-15(14)18-20-16/h3-11H,2H2,1H3/b17-11+. The zero-order valence-electron chi connectivity index (χ0n) is 11.1. The van der Waals surface area contributed by atoms with Crippen molar-refractivity contribution in [3.05, 3.63) is 54.1 Å². The monoisotopic (exact) mass is 282 g/mol. The van der Waals surface area contributed by atoms with Gasteiger partial charge in [0.05, 0.1) is 12.1 Å². The maximum absolute atomic E-state index is 5.48. The normalized spacial score (nSPS) is 11.2. The summed E-state index contributed by atoms with van der Waals surface area (Å²) in [7, 11) is 0. The molecule has 0 aliphatic carbocycles. The molecule has 0 bridgehead atoms. The lowest BCUT2D eigenvalue weighted by Crippen LogP contribution is -1.91. The van der Waals surface area contributed by atoms with Crippen LogP contribution in [0.25, 0.3) is 10.9 Å². The van der Waals surface area contributed by atoms with Gasteiger partial charge < -0.3 is 4.74 Å². The minimum absolute atomic E-state index is 0.667. The molecule has 0 N–H and O–H groups in total. The third-order valence-electron chi connectivity index (χ3n) is 2.86. The lowest BCUT2D eigenvalue weighted by atomic mass is 10.2. The van der Waals surface area contributed by atoms with E-state index in [1.165, 1.54) is 11.5 Å². The molecule has 0 unspecified atom stereocenters. The number of aliphatic imine (C=N–C) groups is 1. The highest BCUT2D eigenvalue weighted by molar-refractivity contribution is 7.11. The zero-order chi connectivity index (χ0) is 13.8. The van der Waals surface area contributed by atoms with Crippen LogP contribution < -0.4 is 4.74 Å². The first-order chi connectivity index (χ1) is 9.86. The molecule has 0 radical (unpaired) electrons. The van der Waals surface area contributed by atoms with Crippen LogP contribution in [0, 0.1) is 0 Å². The van der Waals surface area contributed by atoms with Gasteiger partial charge in [0.1, 0.15) is 10.8 Å². The van der Waals surface area contributed by atoms with Crippen LogP contribution in [0.5, 0.6) is 5.75 Å². The van der Waals surface area contributed by atoms with E-state index in [4.69, 9.17) is 4.74 Å². The van der Waals surface area contributed by atoms with E-state index in [1.54, 1.807) is 0 Å². The largest absolute Gasteiger partial charge is 0.494 e. The van der Waals surface area contributed by atoms with Crippen LogP contribution in [0.1, 0.15) is 12.5 Å². The number of aromatic nitrogens is 1. The van der Waals surface area contributed by atoms with Crippen molar-refractivity contribution in [3.63, 3.8) is 0 Å². The predicted octanol–water partition coefficient (Wildman–Crippen LogP) is 4.45. The molecular formula is C16H14N2OS. The third-order valence-corrected chi connectivity index (χ3v) is 3.65. The van der Waals surface area contributed by atoms with Gasteiger partial charge in [-0.1, -0.05) is 24.3 Å². The Bertz CT molecular complexity index is 749. The SMILES string of the molecule is CCOc1cccc(/C=N/c2snc3ccccc23)c1. The Labute approximate surface area is 121 Å². The molecule has 3 rings (SSSR count). The highest BCUT2D eigenvalue weighted by Crippen LogP contribution is 2.29. The smallest absolute Gasteiger partial charge is 0.143 e. The first-order valence-electron chi connectivity index (χ1n) is 6.48. The van der Waals surface area contributed by atoms with Crippen LogP contribution >= 0.6 is 11.5 Å². The Morgan fingerprint density at radius 1 is 1.20 bits per heavy atom. The van der Waals surface area contributed by atoms with E-state index >= 15 is 0 Å². The average molecular weight is 282 g/mol. The maximum atomic E-state index is 5.48. The number of fused-ring (bicyclic) bond motifs is 1. The summed E-state index contributed by atoms with van der Waals surface area (Å²) in [6.07, 6.45) is 1.85. The van der Waals surface area contributed by atoms with Crippen molar-refractivity contribution >= 4 is 33.7 Å². The van der Waals surface area contributed by atoms with Crippen LogP contribution in [-0.2, 0) is 0 Å². The molecule has 0 fully saturated rings. The quantitative estimate of drug-likeness (QED) is 0.663. The number of rotatable bonds is 4. The van der Waals surface area contributed by atoms with Gasteiger partial charge in [0.15, 0.2) is 0 Å². The van der Waals surface area contributed by atoms with Crippen LogP contribution in [0.15, 0.2) is 53.5 Å². The highest BCUT2D eigenvalue weighted by atomic mass is 32.1. The van der Waals surface area contributed by atoms with E-state index in [2.05, 4.69) is 9.37 Å². The van der Waals surface area contributed by atoms with E-state index in [0.717, 1.165) is 27.2 Å². The molecule has 20 heavy (non-hydrogen) atoms. The van der Waals surface area contributed by atoms with Gasteiger partial charge in [-0.25, -0.2) is 4.99 Å². The summed E-state index contributed by atoms with van der Waals surface area (Å²) in [4.78, 5) is 4.54. The summed E-state index contributed by atoms with van der Waals surface area (Å²) in [5.74, 6) is 0.866. The summed E-state index contributed by atoms with van der Waals surface area (Å²) in [5, 5.41) is 2.03. The fraction of sp³-hybridized carbons (Fsp3) is 0.125. The fourth-order valence-electron chi connectivity index (χ4n) is 1.95. The Morgan fingerprint density at radius 2 is 2.10 bits per heavy atom.